The molecule has 0 aliphatic rings. The van der Waals surface area contributed by atoms with Gasteiger partial charge in [0.25, 0.3) is 0 Å². The van der Waals surface area contributed by atoms with Crippen LogP contribution in [0.1, 0.15) is 27.2 Å². The lowest BCUT2D eigenvalue weighted by Gasteiger charge is -2.07. The van der Waals surface area contributed by atoms with E-state index in [1.54, 1.807) is 20.8 Å². The molecule has 0 saturated carbocycles. The largest absolute Gasteiger partial charge is 0.214 e. The maximum atomic E-state index is 11.1. The number of sulfonamides is 1. The molecule has 0 aromatic rings. The van der Waals surface area contributed by atoms with Crippen LogP contribution in [0.4, 0.5) is 0 Å². The average Bonchev–Trinajstić information content (AvgIpc) is 1.98. The maximum absolute atomic E-state index is 11.1. The summed E-state index contributed by atoms with van der Waals surface area (Å²) < 4.78 is 24.7. The summed E-state index contributed by atoms with van der Waals surface area (Å²) in [4.78, 5) is 0. The van der Waals surface area contributed by atoms with Gasteiger partial charge in [0.15, 0.2) is 0 Å². The van der Waals surface area contributed by atoms with Crippen LogP contribution in [0, 0.1) is 11.8 Å². The summed E-state index contributed by atoms with van der Waals surface area (Å²) in [5.41, 5.74) is 0. The highest BCUT2D eigenvalue weighted by Gasteiger charge is 2.13. The molecule has 70 valence electrons. The zero-order valence-electron chi connectivity index (χ0n) is 7.72. The molecule has 4 heteroatoms. The molecule has 0 unspecified atom stereocenters. The van der Waals surface area contributed by atoms with Gasteiger partial charge in [0, 0.05) is 13.0 Å². The van der Waals surface area contributed by atoms with Crippen molar-refractivity contribution < 1.29 is 8.42 Å². The zero-order chi connectivity index (χ0) is 9.61. The second kappa shape index (κ2) is 5.18. The van der Waals surface area contributed by atoms with Crippen molar-refractivity contribution in [1.82, 2.24) is 4.72 Å². The van der Waals surface area contributed by atoms with Gasteiger partial charge in [-0.15, -0.1) is 11.8 Å². The SMILES string of the molecule is CC#CCCNS(=O)(=O)C(C)C. The summed E-state index contributed by atoms with van der Waals surface area (Å²) in [6, 6.07) is 0. The predicted molar refractivity (Wildman–Crippen MR) is 50.1 cm³/mol. The Balaban J connectivity index is 3.83. The van der Waals surface area contributed by atoms with Crippen molar-refractivity contribution >= 4 is 10.0 Å². The van der Waals surface area contributed by atoms with Crippen LogP contribution in [-0.4, -0.2) is 20.2 Å². The van der Waals surface area contributed by atoms with Gasteiger partial charge in [-0.25, -0.2) is 13.1 Å². The minimum atomic E-state index is -3.10. The Morgan fingerprint density at radius 3 is 2.42 bits per heavy atom. The zero-order valence-corrected chi connectivity index (χ0v) is 8.53. The Kier molecular flexibility index (Phi) is 4.95. The highest BCUT2D eigenvalue weighted by atomic mass is 32.2. The van der Waals surface area contributed by atoms with E-state index in [1.165, 1.54) is 0 Å². The fourth-order valence-corrected chi connectivity index (χ4v) is 1.27. The Hall–Kier alpha value is -0.530. The van der Waals surface area contributed by atoms with Crippen molar-refractivity contribution in [2.75, 3.05) is 6.54 Å². The van der Waals surface area contributed by atoms with E-state index in [0.717, 1.165) is 0 Å². The van der Waals surface area contributed by atoms with E-state index in [1.807, 2.05) is 0 Å². The molecule has 0 heterocycles. The van der Waals surface area contributed by atoms with Crippen LogP contribution in [-0.2, 0) is 10.0 Å². The third-order valence-electron chi connectivity index (χ3n) is 1.35. The third kappa shape index (κ3) is 4.37. The second-order valence-electron chi connectivity index (χ2n) is 2.66. The summed E-state index contributed by atoms with van der Waals surface area (Å²) >= 11 is 0. The van der Waals surface area contributed by atoms with E-state index >= 15 is 0 Å². The molecule has 0 aromatic carbocycles. The molecule has 0 fully saturated rings. The van der Waals surface area contributed by atoms with Crippen molar-refractivity contribution in [1.29, 1.82) is 0 Å². The van der Waals surface area contributed by atoms with Crippen molar-refractivity contribution in [3.05, 3.63) is 0 Å². The van der Waals surface area contributed by atoms with Gasteiger partial charge < -0.3 is 0 Å². The molecule has 3 nitrogen and oxygen atoms in total. The molecule has 0 aliphatic carbocycles. The van der Waals surface area contributed by atoms with E-state index in [4.69, 9.17) is 0 Å². The Labute approximate surface area is 74.6 Å². The van der Waals surface area contributed by atoms with Crippen molar-refractivity contribution in [2.24, 2.45) is 0 Å². The monoisotopic (exact) mass is 189 g/mol. The number of rotatable bonds is 4. The quantitative estimate of drug-likeness (QED) is 0.523. The number of nitrogens with one attached hydrogen (secondary N) is 1. The first kappa shape index (κ1) is 11.5. The van der Waals surface area contributed by atoms with Crippen LogP contribution in [0.3, 0.4) is 0 Å². The molecule has 0 bridgehead atoms. The van der Waals surface area contributed by atoms with Gasteiger partial charge in [0.2, 0.25) is 10.0 Å². The molecular formula is C8H15NO2S. The predicted octanol–water partition coefficient (Wildman–Crippen LogP) is 0.728. The minimum Gasteiger partial charge on any atom is -0.214 e. The molecule has 0 rings (SSSR count). The summed E-state index contributed by atoms with van der Waals surface area (Å²) in [7, 11) is -3.10. The van der Waals surface area contributed by atoms with Gasteiger partial charge in [0.05, 0.1) is 5.25 Å². The highest BCUT2D eigenvalue weighted by molar-refractivity contribution is 7.90. The summed E-state index contributed by atoms with van der Waals surface area (Å²) in [5.74, 6) is 5.48. The van der Waals surface area contributed by atoms with Gasteiger partial charge in [0.1, 0.15) is 0 Å². The van der Waals surface area contributed by atoms with Gasteiger partial charge >= 0.3 is 0 Å². The van der Waals surface area contributed by atoms with Crippen LogP contribution >= 0.6 is 0 Å². The van der Waals surface area contributed by atoms with Gasteiger partial charge in [-0.3, -0.25) is 0 Å². The molecule has 0 aliphatic heterocycles. The fraction of sp³-hybridized carbons (Fsp3) is 0.750. The normalized spacial score (nSPS) is 11.0. The van der Waals surface area contributed by atoms with Crippen LogP contribution in [0.5, 0.6) is 0 Å². The topological polar surface area (TPSA) is 46.2 Å². The molecule has 0 atom stereocenters. The standard InChI is InChI=1S/C8H15NO2S/c1-4-5-6-7-9-12(10,11)8(2)3/h8-9H,6-7H2,1-3H3. The Bertz CT molecular complexity index is 269. The van der Waals surface area contributed by atoms with Crippen molar-refractivity contribution in [2.45, 2.75) is 32.4 Å². The molecule has 0 spiro atoms. The fourth-order valence-electron chi connectivity index (χ4n) is 0.547. The molecule has 12 heavy (non-hydrogen) atoms. The Morgan fingerprint density at radius 2 is 2.00 bits per heavy atom. The van der Waals surface area contributed by atoms with E-state index in [9.17, 15) is 8.42 Å². The van der Waals surface area contributed by atoms with Gasteiger partial charge in [-0.05, 0) is 20.8 Å². The lowest BCUT2D eigenvalue weighted by Crippen LogP contribution is -2.31. The van der Waals surface area contributed by atoms with Crippen LogP contribution < -0.4 is 4.72 Å². The maximum Gasteiger partial charge on any atom is 0.213 e. The highest BCUT2D eigenvalue weighted by Crippen LogP contribution is 1.94. The van der Waals surface area contributed by atoms with Crippen molar-refractivity contribution in [3.8, 4) is 11.8 Å². The first-order valence-electron chi connectivity index (χ1n) is 3.88. The summed E-state index contributed by atoms with van der Waals surface area (Å²) in [6.45, 7) is 5.43. The van der Waals surface area contributed by atoms with E-state index < -0.39 is 10.0 Å². The minimum absolute atomic E-state index is 0.368. The smallest absolute Gasteiger partial charge is 0.213 e. The second-order valence-corrected chi connectivity index (χ2v) is 4.99. The van der Waals surface area contributed by atoms with Crippen molar-refractivity contribution in [3.63, 3.8) is 0 Å². The molecule has 0 aromatic heterocycles. The third-order valence-corrected chi connectivity index (χ3v) is 3.20. The Morgan fingerprint density at radius 1 is 1.42 bits per heavy atom. The molecule has 0 saturated heterocycles. The van der Waals surface area contributed by atoms with E-state index in [2.05, 4.69) is 16.6 Å². The molecular weight excluding hydrogens is 174 g/mol. The molecule has 0 radical (unpaired) electrons. The lowest BCUT2D eigenvalue weighted by atomic mass is 10.4. The van der Waals surface area contributed by atoms with E-state index in [0.29, 0.717) is 13.0 Å². The summed E-state index contributed by atoms with van der Waals surface area (Å²) in [6.07, 6.45) is 0.572. The molecule has 0 amide bonds. The molecule has 1 N–H and O–H groups in total. The van der Waals surface area contributed by atoms with Gasteiger partial charge in [-0.2, -0.15) is 0 Å². The summed E-state index contributed by atoms with van der Waals surface area (Å²) in [5, 5.41) is -0.368. The average molecular weight is 189 g/mol. The van der Waals surface area contributed by atoms with Crippen LogP contribution in [0.15, 0.2) is 0 Å². The van der Waals surface area contributed by atoms with Gasteiger partial charge in [-0.1, -0.05) is 0 Å². The number of hydrogen-bond acceptors (Lipinski definition) is 2. The van der Waals surface area contributed by atoms with Crippen LogP contribution in [0.2, 0.25) is 0 Å². The number of hydrogen-bond donors (Lipinski definition) is 1. The first-order chi connectivity index (χ1) is 5.50. The van der Waals surface area contributed by atoms with Crippen LogP contribution in [0.25, 0.3) is 0 Å². The lowest BCUT2D eigenvalue weighted by molar-refractivity contribution is 0.573. The first-order valence-corrected chi connectivity index (χ1v) is 5.43. The van der Waals surface area contributed by atoms with E-state index in [-0.39, 0.29) is 5.25 Å².